The van der Waals surface area contributed by atoms with E-state index < -0.39 is 5.41 Å². The number of halogens is 1. The average Bonchev–Trinajstić information content (AvgIpc) is 3.16. The second-order valence-electron chi connectivity index (χ2n) is 6.53. The Kier molecular flexibility index (Phi) is 4.40. The van der Waals surface area contributed by atoms with Gasteiger partial charge in [0.05, 0.1) is 6.61 Å². The van der Waals surface area contributed by atoms with Gasteiger partial charge in [-0.25, -0.2) is 0 Å². The van der Waals surface area contributed by atoms with Crippen LogP contribution in [-0.2, 0) is 11.2 Å². The lowest BCUT2D eigenvalue weighted by Gasteiger charge is -2.25. The molecule has 1 saturated carbocycles. The lowest BCUT2D eigenvalue weighted by atomic mass is 9.84. The molecule has 1 aromatic carbocycles. The van der Waals surface area contributed by atoms with Crippen molar-refractivity contribution in [1.82, 2.24) is 5.32 Å². The zero-order chi connectivity index (χ0) is 14.8. The maximum Gasteiger partial charge on any atom is 0.226 e. The van der Waals surface area contributed by atoms with E-state index in [1.807, 2.05) is 38.1 Å². The van der Waals surface area contributed by atoms with E-state index in [9.17, 15) is 9.90 Å². The normalized spacial score (nSPS) is 16.8. The molecule has 1 aliphatic rings. The van der Waals surface area contributed by atoms with Crippen LogP contribution in [0.4, 0.5) is 0 Å². The van der Waals surface area contributed by atoms with Crippen molar-refractivity contribution in [2.45, 2.75) is 33.1 Å². The van der Waals surface area contributed by atoms with Crippen LogP contribution in [0.3, 0.4) is 0 Å². The second kappa shape index (κ2) is 5.74. The quantitative estimate of drug-likeness (QED) is 0.848. The highest BCUT2D eigenvalue weighted by molar-refractivity contribution is 6.30. The van der Waals surface area contributed by atoms with Gasteiger partial charge in [-0.05, 0) is 37.0 Å². The van der Waals surface area contributed by atoms with Crippen LogP contribution in [0.2, 0.25) is 5.02 Å². The molecule has 20 heavy (non-hydrogen) atoms. The molecule has 0 atom stereocenters. The van der Waals surface area contributed by atoms with Gasteiger partial charge in [-0.15, -0.1) is 0 Å². The maximum absolute atomic E-state index is 12.3. The number of hydrogen-bond acceptors (Lipinski definition) is 2. The van der Waals surface area contributed by atoms with Crippen molar-refractivity contribution in [3.63, 3.8) is 0 Å². The summed E-state index contributed by atoms with van der Waals surface area (Å²) in [7, 11) is 0. The first kappa shape index (κ1) is 15.3. The summed E-state index contributed by atoms with van der Waals surface area (Å²) in [5.74, 6) is 0.0252. The molecule has 3 nitrogen and oxygen atoms in total. The summed E-state index contributed by atoms with van der Waals surface area (Å²) in [5, 5.41) is 12.9. The van der Waals surface area contributed by atoms with Crippen molar-refractivity contribution in [1.29, 1.82) is 0 Å². The van der Waals surface area contributed by atoms with Gasteiger partial charge >= 0.3 is 0 Å². The van der Waals surface area contributed by atoms with Gasteiger partial charge in [-0.1, -0.05) is 37.6 Å². The van der Waals surface area contributed by atoms with Gasteiger partial charge < -0.3 is 10.4 Å². The second-order valence-corrected chi connectivity index (χ2v) is 6.97. The van der Waals surface area contributed by atoms with Crippen LogP contribution in [0, 0.1) is 10.8 Å². The molecular weight excluding hydrogens is 274 g/mol. The van der Waals surface area contributed by atoms with E-state index in [0.717, 1.165) is 18.4 Å². The van der Waals surface area contributed by atoms with Crippen LogP contribution < -0.4 is 5.32 Å². The minimum atomic E-state index is -0.490. The summed E-state index contributed by atoms with van der Waals surface area (Å²) in [6.45, 7) is 4.59. The van der Waals surface area contributed by atoms with Crippen LogP contribution in [-0.4, -0.2) is 24.2 Å². The molecule has 0 aliphatic heterocycles. The summed E-state index contributed by atoms with van der Waals surface area (Å²) in [5.41, 5.74) is 0.513. The van der Waals surface area contributed by atoms with Crippen molar-refractivity contribution in [2.75, 3.05) is 13.2 Å². The Bertz CT molecular complexity index is 495. The Morgan fingerprint density at radius 1 is 1.45 bits per heavy atom. The molecule has 4 heteroatoms. The smallest absolute Gasteiger partial charge is 0.226 e. The van der Waals surface area contributed by atoms with E-state index in [4.69, 9.17) is 11.6 Å². The van der Waals surface area contributed by atoms with E-state index in [1.165, 1.54) is 0 Å². The summed E-state index contributed by atoms with van der Waals surface area (Å²) < 4.78 is 0. The zero-order valence-corrected chi connectivity index (χ0v) is 12.8. The molecular formula is C16H22ClNO2. The van der Waals surface area contributed by atoms with Gasteiger partial charge in [-0.2, -0.15) is 0 Å². The number of nitrogens with one attached hydrogen (secondary N) is 1. The molecule has 0 unspecified atom stereocenters. The molecule has 2 rings (SSSR count). The van der Waals surface area contributed by atoms with Crippen LogP contribution >= 0.6 is 11.6 Å². The summed E-state index contributed by atoms with van der Waals surface area (Å²) in [4.78, 5) is 12.3. The van der Waals surface area contributed by atoms with Gasteiger partial charge in [-0.3, -0.25) is 4.79 Å². The Balaban J connectivity index is 1.93. The van der Waals surface area contributed by atoms with Crippen LogP contribution in [0.15, 0.2) is 24.3 Å². The highest BCUT2D eigenvalue weighted by Crippen LogP contribution is 2.44. The number of carbonyl (C=O) groups excluding carboxylic acids is 1. The number of amides is 1. The van der Waals surface area contributed by atoms with Crippen LogP contribution in [0.25, 0.3) is 0 Å². The van der Waals surface area contributed by atoms with E-state index >= 15 is 0 Å². The van der Waals surface area contributed by atoms with Crippen molar-refractivity contribution < 1.29 is 9.90 Å². The summed E-state index contributed by atoms with van der Waals surface area (Å²) in [6.07, 6.45) is 2.64. The monoisotopic (exact) mass is 295 g/mol. The molecule has 0 radical (unpaired) electrons. The number of carbonyl (C=O) groups is 1. The van der Waals surface area contributed by atoms with Gasteiger partial charge in [0.25, 0.3) is 0 Å². The fourth-order valence-electron chi connectivity index (χ4n) is 2.31. The first-order valence-electron chi connectivity index (χ1n) is 7.01. The van der Waals surface area contributed by atoms with Gasteiger partial charge in [0.2, 0.25) is 5.91 Å². The Morgan fingerprint density at radius 2 is 2.15 bits per heavy atom. The Hall–Kier alpha value is -1.06. The number of rotatable bonds is 6. The number of hydrogen-bond donors (Lipinski definition) is 2. The fourth-order valence-corrected chi connectivity index (χ4v) is 2.53. The predicted octanol–water partition coefficient (Wildman–Crippen LogP) is 2.80. The molecule has 1 aromatic rings. The third-order valence-electron chi connectivity index (χ3n) is 4.07. The number of aliphatic hydroxyl groups excluding tert-OH is 1. The third-order valence-corrected chi connectivity index (χ3v) is 4.30. The molecule has 110 valence electrons. The average molecular weight is 296 g/mol. The molecule has 0 spiro atoms. The molecule has 0 heterocycles. The van der Waals surface area contributed by atoms with E-state index in [0.29, 0.717) is 18.0 Å². The molecule has 0 saturated heterocycles. The van der Waals surface area contributed by atoms with E-state index in [1.54, 1.807) is 0 Å². The highest BCUT2D eigenvalue weighted by atomic mass is 35.5. The van der Waals surface area contributed by atoms with Crippen molar-refractivity contribution >= 4 is 17.5 Å². The van der Waals surface area contributed by atoms with Crippen LogP contribution in [0.5, 0.6) is 0 Å². The first-order chi connectivity index (χ1) is 9.37. The summed E-state index contributed by atoms with van der Waals surface area (Å²) >= 11 is 5.97. The van der Waals surface area contributed by atoms with Gasteiger partial charge in [0.1, 0.15) is 0 Å². The topological polar surface area (TPSA) is 49.3 Å². The standard InChI is InChI=1S/C16H22ClNO2/c1-15(2,9-12-4-3-5-13(17)8-12)14(20)18-10-16(11-19)6-7-16/h3-5,8,19H,6-7,9-11H2,1-2H3,(H,18,20). The molecule has 0 aromatic heterocycles. The molecule has 0 bridgehead atoms. The maximum atomic E-state index is 12.3. The van der Waals surface area contributed by atoms with Gasteiger partial charge in [0.15, 0.2) is 0 Å². The first-order valence-corrected chi connectivity index (χ1v) is 7.38. The van der Waals surface area contributed by atoms with E-state index in [-0.39, 0.29) is 17.9 Å². The predicted molar refractivity (Wildman–Crippen MR) is 80.7 cm³/mol. The minimum absolute atomic E-state index is 0.0252. The highest BCUT2D eigenvalue weighted by Gasteiger charge is 2.42. The number of aliphatic hydroxyl groups is 1. The molecule has 1 aliphatic carbocycles. The largest absolute Gasteiger partial charge is 0.396 e. The number of benzene rings is 1. The third kappa shape index (κ3) is 3.74. The molecule has 2 N–H and O–H groups in total. The van der Waals surface area contributed by atoms with Gasteiger partial charge in [0, 0.05) is 22.4 Å². The van der Waals surface area contributed by atoms with E-state index in [2.05, 4.69) is 5.32 Å². The Morgan fingerprint density at radius 3 is 2.70 bits per heavy atom. The lowest BCUT2D eigenvalue weighted by molar-refractivity contribution is -0.129. The lowest BCUT2D eigenvalue weighted by Crippen LogP contribution is -2.41. The minimum Gasteiger partial charge on any atom is -0.396 e. The van der Waals surface area contributed by atoms with Crippen molar-refractivity contribution in [3.8, 4) is 0 Å². The van der Waals surface area contributed by atoms with Crippen molar-refractivity contribution in [2.24, 2.45) is 10.8 Å². The molecule has 1 fully saturated rings. The fraction of sp³-hybridized carbons (Fsp3) is 0.562. The van der Waals surface area contributed by atoms with Crippen LogP contribution in [0.1, 0.15) is 32.3 Å². The summed E-state index contributed by atoms with van der Waals surface area (Å²) in [6, 6.07) is 7.61. The zero-order valence-electron chi connectivity index (χ0n) is 12.1. The SMILES string of the molecule is CC(C)(Cc1cccc(Cl)c1)C(=O)NCC1(CO)CC1. The molecule has 1 amide bonds. The Labute approximate surface area is 125 Å². The van der Waals surface area contributed by atoms with Crippen molar-refractivity contribution in [3.05, 3.63) is 34.9 Å².